The Morgan fingerprint density at radius 1 is 0.698 bits per heavy atom. The monoisotopic (exact) mass is 953 g/mol. The van der Waals surface area contributed by atoms with Crippen molar-refractivity contribution in [2.75, 3.05) is 17.7 Å². The van der Waals surface area contributed by atoms with Crippen LogP contribution in [0.3, 0.4) is 0 Å². The van der Waals surface area contributed by atoms with Gasteiger partial charge < -0.3 is 52.7 Å². The van der Waals surface area contributed by atoms with Gasteiger partial charge in [0.15, 0.2) is 43.3 Å². The van der Waals surface area contributed by atoms with Crippen LogP contribution < -0.4 is 5.32 Å². The predicted octanol–water partition coefficient (Wildman–Crippen LogP) is 6.73. The normalized spacial score (nSPS) is 27.9. The van der Waals surface area contributed by atoms with Gasteiger partial charge in [0.05, 0.1) is 30.0 Å². The number of hydrogen-bond acceptors (Lipinski definition) is 16. The third kappa shape index (κ3) is 13.1. The number of amides is 1. The van der Waals surface area contributed by atoms with Gasteiger partial charge in [-0.1, -0.05) is 77.3 Å². The number of ether oxygens (including phenoxy) is 10. The van der Waals surface area contributed by atoms with Gasteiger partial charge in [-0.2, -0.15) is 11.8 Å². The largest absolute Gasteiger partial charge is 0.455 e. The number of carbonyl (C=O) groups excluding carboxylic acids is 5. The van der Waals surface area contributed by atoms with Crippen LogP contribution >= 0.6 is 46.6 Å². The molecule has 3 aliphatic heterocycles. The molecule has 0 aromatic heterocycles. The summed E-state index contributed by atoms with van der Waals surface area (Å²) in [6.45, 7) is 5.80. The fraction of sp³-hybridized carbons (Fsp3) is 0.465. The maximum absolute atomic E-state index is 12.9. The van der Waals surface area contributed by atoms with Crippen molar-refractivity contribution < 1.29 is 71.3 Å². The zero-order chi connectivity index (χ0) is 45.4. The van der Waals surface area contributed by atoms with Crippen LogP contribution in [0.2, 0.25) is 15.1 Å². The lowest BCUT2D eigenvalue weighted by molar-refractivity contribution is -0.384. The molecule has 0 bridgehead atoms. The number of benzene rings is 3. The smallest absolute Gasteiger partial charge is 0.303 e. The van der Waals surface area contributed by atoms with Crippen molar-refractivity contribution in [3.8, 4) is 0 Å². The van der Waals surface area contributed by atoms with Crippen LogP contribution in [0, 0.1) is 0 Å². The zero-order valence-electron chi connectivity index (χ0n) is 34.7. The molecule has 340 valence electrons. The summed E-state index contributed by atoms with van der Waals surface area (Å²) in [5, 5.41) is 3.83. The quantitative estimate of drug-likeness (QED) is 0.125. The topological polar surface area (TPSA) is 190 Å². The molecule has 6 rings (SSSR count). The second-order valence-electron chi connectivity index (χ2n) is 14.7. The molecule has 3 aromatic rings. The van der Waals surface area contributed by atoms with E-state index in [-0.39, 0.29) is 29.9 Å². The van der Waals surface area contributed by atoms with Crippen molar-refractivity contribution in [2.24, 2.45) is 0 Å². The van der Waals surface area contributed by atoms with Crippen LogP contribution in [0.15, 0.2) is 66.7 Å². The molecule has 20 heteroatoms. The number of anilines is 1. The Morgan fingerprint density at radius 2 is 1.35 bits per heavy atom. The van der Waals surface area contributed by atoms with Gasteiger partial charge in [0.1, 0.15) is 18.3 Å². The average Bonchev–Trinajstić information content (AvgIpc) is 3.21. The maximum Gasteiger partial charge on any atom is 0.303 e. The number of rotatable bonds is 15. The summed E-state index contributed by atoms with van der Waals surface area (Å²) in [6, 6.07) is 19.0. The number of hydrogen-bond donors (Lipinski definition) is 1. The third-order valence-corrected chi connectivity index (χ3v) is 11.8. The highest BCUT2D eigenvalue weighted by atomic mass is 35.5. The molecule has 0 aliphatic carbocycles. The third-order valence-electron chi connectivity index (χ3n) is 9.76. The first kappa shape index (κ1) is 48.4. The van der Waals surface area contributed by atoms with E-state index >= 15 is 0 Å². The van der Waals surface area contributed by atoms with Crippen LogP contribution in [-0.2, 0) is 83.7 Å². The standard InChI is InChI=1S/C43H46Cl3NO15S/c1-21(48)47-32-15-26(11-14-30(32)45)17-53-42-39(57-24(4)51)38(56-23(3)50)36(34(60-42)20-63-19-28-12-13-29(44)16-31(28)46)62-43-40(58-25(5)52)37(55-22(2)49)35-33(59-43)18-54-41(61-35)27-9-7-6-8-10-27/h6-16,33-43H,17-20H2,1-5H3,(H,47,48)/t33-,34-,35-,36-,37+,38+,39-,40-,41?,42-,43-/m1/s1. The Hall–Kier alpha value is -4.01. The lowest BCUT2D eigenvalue weighted by Crippen LogP contribution is -2.67. The molecule has 11 atom stereocenters. The van der Waals surface area contributed by atoms with Crippen LogP contribution in [0.5, 0.6) is 0 Å². The first-order valence-corrected chi connectivity index (χ1v) is 22.0. The summed E-state index contributed by atoms with van der Waals surface area (Å²) < 4.78 is 61.7. The summed E-state index contributed by atoms with van der Waals surface area (Å²) >= 11 is 20.3. The molecular weight excluding hydrogens is 909 g/mol. The molecule has 3 aliphatic rings. The van der Waals surface area contributed by atoms with Crippen molar-refractivity contribution in [3.63, 3.8) is 0 Å². The van der Waals surface area contributed by atoms with Gasteiger partial charge in [0.25, 0.3) is 0 Å². The highest BCUT2D eigenvalue weighted by Gasteiger charge is 2.58. The number of fused-ring (bicyclic) bond motifs is 1. The number of nitrogens with one attached hydrogen (secondary N) is 1. The molecule has 63 heavy (non-hydrogen) atoms. The Balaban J connectivity index is 1.35. The number of thioether (sulfide) groups is 1. The van der Waals surface area contributed by atoms with E-state index in [1.54, 1.807) is 48.5 Å². The van der Waals surface area contributed by atoms with Gasteiger partial charge >= 0.3 is 23.9 Å². The zero-order valence-corrected chi connectivity index (χ0v) is 37.8. The molecule has 3 aromatic carbocycles. The number of halogens is 3. The molecule has 1 amide bonds. The highest BCUT2D eigenvalue weighted by molar-refractivity contribution is 7.98. The number of esters is 4. The van der Waals surface area contributed by atoms with Gasteiger partial charge in [-0.3, -0.25) is 24.0 Å². The summed E-state index contributed by atoms with van der Waals surface area (Å²) in [6.07, 6.45) is -13.8. The summed E-state index contributed by atoms with van der Waals surface area (Å²) in [4.78, 5) is 63.0. The van der Waals surface area contributed by atoms with Crippen molar-refractivity contribution in [3.05, 3.63) is 98.5 Å². The van der Waals surface area contributed by atoms with Crippen molar-refractivity contribution in [2.45, 2.75) is 115 Å². The van der Waals surface area contributed by atoms with Crippen LogP contribution in [0.25, 0.3) is 0 Å². The fourth-order valence-electron chi connectivity index (χ4n) is 7.24. The minimum Gasteiger partial charge on any atom is -0.455 e. The SMILES string of the molecule is CC(=O)Nc1cc(CO[C@@H]2O[C@H](CSCc3ccc(Cl)cc3Cl)[C@@H](O[C@H]3O[C@@H]4COC(c5ccccc5)O[C@H]4[C@H](OC(C)=O)[C@H]3OC(C)=O)[C@H](OC(C)=O)[C@H]2OC(C)=O)ccc1Cl. The minimum absolute atomic E-state index is 0.0648. The molecule has 1 unspecified atom stereocenters. The van der Waals surface area contributed by atoms with Gasteiger partial charge in [-0.25, -0.2) is 0 Å². The number of carbonyl (C=O) groups is 5. The summed E-state index contributed by atoms with van der Waals surface area (Å²) in [7, 11) is 0. The van der Waals surface area contributed by atoms with E-state index in [1.165, 1.54) is 25.6 Å². The van der Waals surface area contributed by atoms with Gasteiger partial charge in [-0.05, 0) is 35.4 Å². The van der Waals surface area contributed by atoms with E-state index in [1.807, 2.05) is 18.2 Å². The summed E-state index contributed by atoms with van der Waals surface area (Å²) in [5.41, 5.74) is 2.32. The average molecular weight is 955 g/mol. The van der Waals surface area contributed by atoms with Gasteiger partial charge in [0.2, 0.25) is 5.91 Å². The Labute approximate surface area is 382 Å². The summed E-state index contributed by atoms with van der Waals surface area (Å²) in [5.74, 6) is -2.88. The molecule has 0 radical (unpaired) electrons. The van der Waals surface area contributed by atoms with Gasteiger partial charge in [-0.15, -0.1) is 0 Å². The van der Waals surface area contributed by atoms with E-state index in [9.17, 15) is 24.0 Å². The van der Waals surface area contributed by atoms with Crippen molar-refractivity contribution >= 4 is 82.0 Å². The van der Waals surface area contributed by atoms with Crippen LogP contribution in [0.4, 0.5) is 5.69 Å². The molecule has 3 saturated heterocycles. The fourth-order valence-corrected chi connectivity index (χ4v) is 9.05. The first-order valence-electron chi connectivity index (χ1n) is 19.7. The van der Waals surface area contributed by atoms with Gasteiger partial charge in [0, 0.05) is 61.7 Å². The Bertz CT molecular complexity index is 2120. The molecular formula is C43H46Cl3NO15S. The lowest BCUT2D eigenvalue weighted by Gasteiger charge is -2.50. The van der Waals surface area contributed by atoms with Crippen LogP contribution in [0.1, 0.15) is 57.6 Å². The maximum atomic E-state index is 12.9. The Kier molecular flexibility index (Phi) is 17.1. The predicted molar refractivity (Wildman–Crippen MR) is 228 cm³/mol. The first-order chi connectivity index (χ1) is 30.1. The van der Waals surface area contributed by atoms with Crippen molar-refractivity contribution in [1.29, 1.82) is 0 Å². The van der Waals surface area contributed by atoms with E-state index in [4.69, 9.17) is 82.2 Å². The second-order valence-corrected chi connectivity index (χ2v) is 17.0. The van der Waals surface area contributed by atoms with E-state index in [0.29, 0.717) is 32.6 Å². The van der Waals surface area contributed by atoms with Crippen molar-refractivity contribution in [1.82, 2.24) is 0 Å². The molecule has 1 N–H and O–H groups in total. The molecule has 16 nitrogen and oxygen atoms in total. The molecule has 0 saturated carbocycles. The highest BCUT2D eigenvalue weighted by Crippen LogP contribution is 2.40. The second kappa shape index (κ2) is 22.3. The lowest BCUT2D eigenvalue weighted by atomic mass is 9.95. The van der Waals surface area contributed by atoms with E-state index in [2.05, 4.69) is 5.32 Å². The molecule has 3 fully saturated rings. The minimum atomic E-state index is -1.54. The molecule has 3 heterocycles. The van der Waals surface area contributed by atoms with E-state index < -0.39 is 91.6 Å². The Morgan fingerprint density at radius 3 is 2.00 bits per heavy atom. The van der Waals surface area contributed by atoms with Crippen LogP contribution in [-0.4, -0.2) is 104 Å². The van der Waals surface area contributed by atoms with E-state index in [0.717, 1.165) is 26.3 Å². The molecule has 0 spiro atoms.